The maximum absolute atomic E-state index is 13.0. The summed E-state index contributed by atoms with van der Waals surface area (Å²) >= 11 is 0. The largest absolute Gasteiger partial charge is 0.488 e. The number of ether oxygens (including phenoxy) is 1. The number of hydrogen-bond donors (Lipinski definition) is 2. The lowest BCUT2D eigenvalue weighted by molar-refractivity contribution is -0.139. The van der Waals surface area contributed by atoms with Crippen LogP contribution in [0.5, 0.6) is 5.75 Å². The fourth-order valence-corrected chi connectivity index (χ4v) is 2.76. The van der Waals surface area contributed by atoms with E-state index in [4.69, 9.17) is 4.74 Å². The molecule has 0 unspecified atom stereocenters. The Balaban J connectivity index is 1.54. The van der Waals surface area contributed by atoms with Gasteiger partial charge < -0.3 is 10.1 Å². The molecule has 0 aliphatic carbocycles. The van der Waals surface area contributed by atoms with E-state index in [-0.39, 0.29) is 18.5 Å². The second kappa shape index (κ2) is 10.7. The normalized spacial score (nSPS) is 11.7. The van der Waals surface area contributed by atoms with E-state index in [2.05, 4.69) is 15.8 Å². The van der Waals surface area contributed by atoms with Gasteiger partial charge >= 0.3 is 11.8 Å². The third-order valence-electron chi connectivity index (χ3n) is 4.45. The molecule has 0 bridgehead atoms. The van der Waals surface area contributed by atoms with Crippen LogP contribution in [0.15, 0.2) is 84.0 Å². The molecule has 3 aromatic rings. The van der Waals surface area contributed by atoms with E-state index >= 15 is 0 Å². The summed E-state index contributed by atoms with van der Waals surface area (Å²) in [6.45, 7) is 2.04. The Hall–Kier alpha value is -4.00. The fourth-order valence-electron chi connectivity index (χ4n) is 2.76. The van der Waals surface area contributed by atoms with Crippen molar-refractivity contribution >= 4 is 18.0 Å². The van der Waals surface area contributed by atoms with Crippen molar-refractivity contribution in [1.82, 2.24) is 10.7 Å². The van der Waals surface area contributed by atoms with Crippen molar-refractivity contribution in [3.63, 3.8) is 0 Å². The first kappa shape index (κ1) is 21.7. The number of hydrogen-bond acceptors (Lipinski definition) is 4. The molecule has 0 spiro atoms. The van der Waals surface area contributed by atoms with Gasteiger partial charge in [0.15, 0.2) is 0 Å². The Morgan fingerprint density at radius 1 is 0.968 bits per heavy atom. The van der Waals surface area contributed by atoms with Gasteiger partial charge in [0, 0.05) is 5.56 Å². The highest BCUT2D eigenvalue weighted by Crippen LogP contribution is 2.18. The van der Waals surface area contributed by atoms with Gasteiger partial charge in [0.2, 0.25) is 0 Å². The third-order valence-corrected chi connectivity index (χ3v) is 4.45. The van der Waals surface area contributed by atoms with Crippen LogP contribution < -0.4 is 15.5 Å². The topological polar surface area (TPSA) is 79.8 Å². The van der Waals surface area contributed by atoms with Gasteiger partial charge in [0.05, 0.1) is 12.3 Å². The molecule has 158 valence electrons. The van der Waals surface area contributed by atoms with Crippen LogP contribution in [-0.2, 0) is 16.2 Å². The fraction of sp³-hybridized carbons (Fsp3) is 0.125. The molecule has 3 rings (SSSR count). The molecule has 7 heteroatoms. The van der Waals surface area contributed by atoms with Crippen LogP contribution in [0.2, 0.25) is 0 Å². The standard InChI is InChI=1S/C24H22FN3O3/c1-17(19-7-3-2-4-8-19)27-23(29)24(30)28-26-15-20-9-5-6-10-22(20)31-16-18-11-13-21(25)14-12-18/h2-15,17H,16H2,1H3,(H,27,29)(H,28,30)/b26-15-/t17-/m0/s1. The molecular formula is C24H22FN3O3. The van der Waals surface area contributed by atoms with Gasteiger partial charge in [-0.05, 0) is 42.3 Å². The summed E-state index contributed by atoms with van der Waals surface area (Å²) in [5.41, 5.74) is 4.53. The summed E-state index contributed by atoms with van der Waals surface area (Å²) in [6, 6.07) is 22.1. The van der Waals surface area contributed by atoms with E-state index in [1.54, 1.807) is 43.3 Å². The monoisotopic (exact) mass is 419 g/mol. The minimum absolute atomic E-state index is 0.247. The minimum Gasteiger partial charge on any atom is -0.488 e. The number of benzene rings is 3. The van der Waals surface area contributed by atoms with Crippen LogP contribution in [-0.4, -0.2) is 18.0 Å². The number of carbonyl (C=O) groups excluding carboxylic acids is 2. The maximum Gasteiger partial charge on any atom is 0.329 e. The van der Waals surface area contributed by atoms with E-state index in [1.807, 2.05) is 30.3 Å². The number of para-hydroxylation sites is 1. The quantitative estimate of drug-likeness (QED) is 0.348. The van der Waals surface area contributed by atoms with Crippen LogP contribution in [0.25, 0.3) is 0 Å². The van der Waals surface area contributed by atoms with Crippen molar-refractivity contribution in [3.8, 4) is 5.75 Å². The lowest BCUT2D eigenvalue weighted by Gasteiger charge is -2.13. The average molecular weight is 419 g/mol. The van der Waals surface area contributed by atoms with Crippen molar-refractivity contribution in [2.75, 3.05) is 0 Å². The number of amides is 2. The molecule has 2 N–H and O–H groups in total. The predicted molar refractivity (Wildman–Crippen MR) is 116 cm³/mol. The molecular weight excluding hydrogens is 397 g/mol. The zero-order valence-corrected chi connectivity index (χ0v) is 16.9. The van der Waals surface area contributed by atoms with Crippen LogP contribution >= 0.6 is 0 Å². The zero-order valence-electron chi connectivity index (χ0n) is 16.9. The summed E-state index contributed by atoms with van der Waals surface area (Å²) in [5, 5.41) is 6.48. The van der Waals surface area contributed by atoms with Crippen LogP contribution in [0.3, 0.4) is 0 Å². The van der Waals surface area contributed by atoms with Crippen molar-refractivity contribution < 1.29 is 18.7 Å². The third kappa shape index (κ3) is 6.50. The first-order valence-corrected chi connectivity index (χ1v) is 9.68. The number of halogens is 1. The van der Waals surface area contributed by atoms with E-state index in [0.717, 1.165) is 11.1 Å². The second-order valence-corrected chi connectivity index (χ2v) is 6.76. The Morgan fingerprint density at radius 3 is 2.39 bits per heavy atom. The Kier molecular flexibility index (Phi) is 7.48. The van der Waals surface area contributed by atoms with E-state index < -0.39 is 11.8 Å². The van der Waals surface area contributed by atoms with Gasteiger partial charge in [-0.15, -0.1) is 0 Å². The summed E-state index contributed by atoms with van der Waals surface area (Å²) in [7, 11) is 0. The highest BCUT2D eigenvalue weighted by molar-refractivity contribution is 6.35. The predicted octanol–water partition coefficient (Wildman–Crippen LogP) is 3.73. The minimum atomic E-state index is -0.872. The number of nitrogens with one attached hydrogen (secondary N) is 2. The van der Waals surface area contributed by atoms with E-state index in [1.165, 1.54) is 18.3 Å². The van der Waals surface area contributed by atoms with Crippen molar-refractivity contribution in [2.24, 2.45) is 5.10 Å². The second-order valence-electron chi connectivity index (χ2n) is 6.76. The molecule has 0 aromatic heterocycles. The van der Waals surface area contributed by atoms with Crippen LogP contribution in [0.1, 0.15) is 29.7 Å². The zero-order chi connectivity index (χ0) is 22.1. The average Bonchev–Trinajstić information content (AvgIpc) is 2.80. The van der Waals surface area contributed by atoms with Gasteiger partial charge in [-0.1, -0.05) is 54.6 Å². The van der Waals surface area contributed by atoms with E-state index in [0.29, 0.717) is 11.3 Å². The maximum atomic E-state index is 13.0. The van der Waals surface area contributed by atoms with Crippen molar-refractivity contribution in [1.29, 1.82) is 0 Å². The highest BCUT2D eigenvalue weighted by atomic mass is 19.1. The van der Waals surface area contributed by atoms with Gasteiger partial charge in [-0.2, -0.15) is 5.10 Å². The first-order chi connectivity index (χ1) is 15.0. The Bertz CT molecular complexity index is 1050. The summed E-state index contributed by atoms with van der Waals surface area (Å²) < 4.78 is 18.8. The molecule has 0 saturated carbocycles. The summed E-state index contributed by atoms with van der Waals surface area (Å²) in [5.74, 6) is -1.43. The van der Waals surface area contributed by atoms with E-state index in [9.17, 15) is 14.0 Å². The molecule has 0 saturated heterocycles. The Morgan fingerprint density at radius 2 is 1.65 bits per heavy atom. The van der Waals surface area contributed by atoms with Gasteiger partial charge in [-0.25, -0.2) is 9.82 Å². The summed E-state index contributed by atoms with van der Waals surface area (Å²) in [6.07, 6.45) is 1.39. The molecule has 2 amide bonds. The molecule has 0 heterocycles. The molecule has 0 aliphatic rings. The summed E-state index contributed by atoms with van der Waals surface area (Å²) in [4.78, 5) is 24.1. The molecule has 1 atom stereocenters. The van der Waals surface area contributed by atoms with Gasteiger partial charge in [-0.3, -0.25) is 9.59 Å². The number of hydrazone groups is 1. The lowest BCUT2D eigenvalue weighted by atomic mass is 10.1. The lowest BCUT2D eigenvalue weighted by Crippen LogP contribution is -2.39. The molecule has 31 heavy (non-hydrogen) atoms. The Labute approximate surface area is 179 Å². The molecule has 0 radical (unpaired) electrons. The van der Waals surface area contributed by atoms with Crippen LogP contribution in [0.4, 0.5) is 4.39 Å². The molecule has 0 fully saturated rings. The first-order valence-electron chi connectivity index (χ1n) is 9.68. The number of carbonyl (C=O) groups is 2. The smallest absolute Gasteiger partial charge is 0.329 e. The number of nitrogens with zero attached hydrogens (tertiary/aromatic N) is 1. The molecule has 3 aromatic carbocycles. The van der Waals surface area contributed by atoms with Crippen molar-refractivity contribution in [2.45, 2.75) is 19.6 Å². The van der Waals surface area contributed by atoms with Crippen molar-refractivity contribution in [3.05, 3.63) is 101 Å². The SMILES string of the molecule is C[C@H](NC(=O)C(=O)N/N=C\c1ccccc1OCc1ccc(F)cc1)c1ccccc1. The van der Waals surface area contributed by atoms with Gasteiger partial charge in [0.25, 0.3) is 0 Å². The van der Waals surface area contributed by atoms with Crippen LogP contribution in [0, 0.1) is 5.82 Å². The molecule has 0 aliphatic heterocycles. The number of rotatable bonds is 7. The highest BCUT2D eigenvalue weighted by Gasteiger charge is 2.16. The molecule has 6 nitrogen and oxygen atoms in total. The van der Waals surface area contributed by atoms with Gasteiger partial charge in [0.1, 0.15) is 18.2 Å².